The lowest BCUT2D eigenvalue weighted by Gasteiger charge is -2.02. The molecular formula is C18H18N6OS. The summed E-state index contributed by atoms with van der Waals surface area (Å²) in [6.45, 7) is 4.22. The fraction of sp³-hybridized carbons (Fsp3) is 0.222. The quantitative estimate of drug-likeness (QED) is 0.602. The highest BCUT2D eigenvalue weighted by Crippen LogP contribution is 2.29. The molecule has 0 saturated carbocycles. The van der Waals surface area contributed by atoms with E-state index in [4.69, 9.17) is 0 Å². The molecule has 0 radical (unpaired) electrons. The molecule has 4 aromatic rings. The lowest BCUT2D eigenvalue weighted by molar-refractivity contribution is -0.116. The first kappa shape index (κ1) is 16.5. The minimum absolute atomic E-state index is 0.0961. The molecule has 3 heterocycles. The van der Waals surface area contributed by atoms with Crippen molar-refractivity contribution in [1.82, 2.24) is 24.5 Å². The predicted octanol–water partition coefficient (Wildman–Crippen LogP) is 3.15. The molecular weight excluding hydrogens is 348 g/mol. The summed E-state index contributed by atoms with van der Waals surface area (Å²) in [6.07, 6.45) is 0. The molecule has 7 nitrogen and oxygen atoms in total. The molecule has 0 aliphatic heterocycles. The summed E-state index contributed by atoms with van der Waals surface area (Å²) >= 11 is 1.42. The molecule has 1 aromatic carbocycles. The molecule has 0 aliphatic rings. The third kappa shape index (κ3) is 2.88. The first-order valence-corrected chi connectivity index (χ1v) is 9.08. The van der Waals surface area contributed by atoms with Crippen molar-refractivity contribution in [2.75, 3.05) is 5.32 Å². The number of carbonyl (C=O) groups is 1. The van der Waals surface area contributed by atoms with E-state index in [1.165, 1.54) is 17.0 Å². The van der Waals surface area contributed by atoms with E-state index >= 15 is 0 Å². The lowest BCUT2D eigenvalue weighted by Crippen LogP contribution is -2.19. The van der Waals surface area contributed by atoms with Crippen molar-refractivity contribution in [3.8, 4) is 11.3 Å². The molecule has 3 aromatic heterocycles. The van der Waals surface area contributed by atoms with E-state index in [0.717, 1.165) is 28.0 Å². The Balaban J connectivity index is 1.50. The van der Waals surface area contributed by atoms with Gasteiger partial charge < -0.3 is 9.88 Å². The average Bonchev–Trinajstić information content (AvgIpc) is 3.31. The predicted molar refractivity (Wildman–Crippen MR) is 102 cm³/mol. The van der Waals surface area contributed by atoms with Crippen LogP contribution in [0.3, 0.4) is 0 Å². The Morgan fingerprint density at radius 1 is 1.27 bits per heavy atom. The number of aryl methyl sites for hydroxylation is 1. The molecule has 0 saturated heterocycles. The van der Waals surface area contributed by atoms with Crippen LogP contribution >= 0.6 is 11.3 Å². The Kier molecular flexibility index (Phi) is 4.04. The number of benzene rings is 1. The molecule has 0 bridgehead atoms. The van der Waals surface area contributed by atoms with Gasteiger partial charge in [-0.3, -0.25) is 4.79 Å². The van der Waals surface area contributed by atoms with Crippen molar-refractivity contribution < 1.29 is 4.79 Å². The van der Waals surface area contributed by atoms with Gasteiger partial charge in [0.1, 0.15) is 12.1 Å². The summed E-state index contributed by atoms with van der Waals surface area (Å²) in [5.74, 6) is -0.178. The van der Waals surface area contributed by atoms with Gasteiger partial charge in [0, 0.05) is 29.4 Å². The van der Waals surface area contributed by atoms with Crippen molar-refractivity contribution >= 4 is 33.4 Å². The summed E-state index contributed by atoms with van der Waals surface area (Å²) in [6, 6.07) is 9.67. The van der Waals surface area contributed by atoms with Crippen LogP contribution in [0.25, 0.3) is 22.3 Å². The van der Waals surface area contributed by atoms with Crippen LogP contribution in [-0.4, -0.2) is 30.5 Å². The van der Waals surface area contributed by atoms with Gasteiger partial charge in [-0.2, -0.15) is 0 Å². The number of thiazole rings is 1. The second kappa shape index (κ2) is 6.38. The first-order valence-electron chi connectivity index (χ1n) is 8.20. The third-order valence-electron chi connectivity index (χ3n) is 4.52. The fourth-order valence-corrected chi connectivity index (χ4v) is 3.63. The van der Waals surface area contributed by atoms with E-state index in [1.807, 2.05) is 36.7 Å². The van der Waals surface area contributed by atoms with Gasteiger partial charge in [0.15, 0.2) is 5.13 Å². The number of hydrogen-bond acceptors (Lipinski definition) is 5. The summed E-state index contributed by atoms with van der Waals surface area (Å²) in [4.78, 5) is 16.9. The molecule has 0 aliphatic carbocycles. The molecule has 1 N–H and O–H groups in total. The van der Waals surface area contributed by atoms with Gasteiger partial charge >= 0.3 is 0 Å². The van der Waals surface area contributed by atoms with Gasteiger partial charge in [0.2, 0.25) is 5.91 Å². The first-order chi connectivity index (χ1) is 12.5. The van der Waals surface area contributed by atoms with Crippen molar-refractivity contribution in [3.63, 3.8) is 0 Å². The number of amides is 1. The van der Waals surface area contributed by atoms with Gasteiger partial charge in [-0.15, -0.1) is 16.4 Å². The molecule has 26 heavy (non-hydrogen) atoms. The van der Waals surface area contributed by atoms with Crippen LogP contribution in [0.1, 0.15) is 11.4 Å². The number of nitrogens with zero attached hydrogens (tertiary/aromatic N) is 5. The largest absolute Gasteiger partial charge is 0.351 e. The number of carbonyl (C=O) groups excluding carboxylic acids is 1. The number of aromatic nitrogens is 5. The zero-order valence-corrected chi connectivity index (χ0v) is 15.5. The van der Waals surface area contributed by atoms with Crippen LogP contribution in [-0.2, 0) is 18.4 Å². The molecule has 0 atom stereocenters. The van der Waals surface area contributed by atoms with E-state index in [0.29, 0.717) is 5.13 Å². The maximum Gasteiger partial charge on any atom is 0.247 e. The van der Waals surface area contributed by atoms with Crippen molar-refractivity contribution in [2.24, 2.45) is 7.05 Å². The summed E-state index contributed by atoms with van der Waals surface area (Å²) in [5, 5.41) is 13.5. The van der Waals surface area contributed by atoms with Gasteiger partial charge in [-0.05, 0) is 32.0 Å². The van der Waals surface area contributed by atoms with Crippen LogP contribution in [0.15, 0.2) is 35.7 Å². The molecule has 0 fully saturated rings. The third-order valence-corrected chi connectivity index (χ3v) is 5.27. The van der Waals surface area contributed by atoms with Gasteiger partial charge in [-0.25, -0.2) is 9.67 Å². The van der Waals surface area contributed by atoms with Crippen LogP contribution in [0.5, 0.6) is 0 Å². The van der Waals surface area contributed by atoms with Gasteiger partial charge in [0.25, 0.3) is 0 Å². The molecule has 1 amide bonds. The van der Waals surface area contributed by atoms with Crippen LogP contribution in [0.2, 0.25) is 0 Å². The van der Waals surface area contributed by atoms with Crippen molar-refractivity contribution in [2.45, 2.75) is 20.4 Å². The van der Waals surface area contributed by atoms with E-state index in [2.05, 4.69) is 45.1 Å². The molecule has 4 rings (SSSR count). The van der Waals surface area contributed by atoms with Crippen molar-refractivity contribution in [3.05, 3.63) is 47.1 Å². The smallest absolute Gasteiger partial charge is 0.247 e. The van der Waals surface area contributed by atoms with E-state index < -0.39 is 0 Å². The van der Waals surface area contributed by atoms with E-state index in [1.54, 1.807) is 4.68 Å². The fourth-order valence-electron chi connectivity index (χ4n) is 2.90. The Bertz CT molecular complexity index is 1110. The van der Waals surface area contributed by atoms with E-state index in [9.17, 15) is 4.79 Å². The highest BCUT2D eigenvalue weighted by Gasteiger charge is 2.14. The van der Waals surface area contributed by atoms with Crippen LogP contribution in [0, 0.1) is 13.8 Å². The number of para-hydroxylation sites is 1. The summed E-state index contributed by atoms with van der Waals surface area (Å²) < 4.78 is 3.71. The lowest BCUT2D eigenvalue weighted by atomic mass is 10.2. The zero-order valence-electron chi connectivity index (χ0n) is 14.7. The second-order valence-electron chi connectivity index (χ2n) is 6.17. The Morgan fingerprint density at radius 3 is 2.85 bits per heavy atom. The molecule has 132 valence electrons. The topological polar surface area (TPSA) is 77.6 Å². The zero-order chi connectivity index (χ0) is 18.3. The SMILES string of the molecule is Cc1cc(-c2csc(NC(=O)Cn3nnc4ccccc43)n2)c(C)n1C. The average molecular weight is 366 g/mol. The number of fused-ring (bicyclic) bond motifs is 1. The van der Waals surface area contributed by atoms with Crippen LogP contribution in [0.4, 0.5) is 5.13 Å². The van der Waals surface area contributed by atoms with Gasteiger partial charge in [0.05, 0.1) is 11.2 Å². The standard InChI is InChI=1S/C18H18N6OS/c1-11-8-13(12(2)23(11)3)15-10-26-18(19-15)20-17(25)9-24-16-7-5-4-6-14(16)21-22-24/h4-8,10H,9H2,1-3H3,(H,19,20,25). The summed E-state index contributed by atoms with van der Waals surface area (Å²) in [5.41, 5.74) is 5.89. The van der Waals surface area contributed by atoms with Crippen LogP contribution < -0.4 is 5.32 Å². The monoisotopic (exact) mass is 366 g/mol. The number of hydrogen-bond donors (Lipinski definition) is 1. The Morgan fingerprint density at radius 2 is 2.08 bits per heavy atom. The Hall–Kier alpha value is -3.00. The molecule has 0 unspecified atom stereocenters. The molecule has 8 heteroatoms. The van der Waals surface area contributed by atoms with E-state index in [-0.39, 0.29) is 12.5 Å². The number of rotatable bonds is 4. The highest BCUT2D eigenvalue weighted by atomic mass is 32.1. The number of anilines is 1. The Labute approximate surface area is 154 Å². The maximum atomic E-state index is 12.4. The molecule has 0 spiro atoms. The minimum atomic E-state index is -0.178. The minimum Gasteiger partial charge on any atom is -0.351 e. The second-order valence-corrected chi connectivity index (χ2v) is 7.02. The normalized spacial score (nSPS) is 11.2. The number of nitrogens with one attached hydrogen (secondary N) is 1. The highest BCUT2D eigenvalue weighted by molar-refractivity contribution is 7.14. The maximum absolute atomic E-state index is 12.4. The summed E-state index contributed by atoms with van der Waals surface area (Å²) in [7, 11) is 2.03. The van der Waals surface area contributed by atoms with Gasteiger partial charge in [-0.1, -0.05) is 17.3 Å². The van der Waals surface area contributed by atoms with Crippen molar-refractivity contribution in [1.29, 1.82) is 0 Å².